The first-order valence-corrected chi connectivity index (χ1v) is 6.01. The van der Waals surface area contributed by atoms with Crippen molar-refractivity contribution < 1.29 is 4.79 Å². The summed E-state index contributed by atoms with van der Waals surface area (Å²) in [5, 5.41) is 0. The van der Waals surface area contributed by atoms with E-state index in [1.165, 1.54) is 25.8 Å². The molecule has 3 aliphatic rings. The zero-order valence-corrected chi connectivity index (χ0v) is 8.91. The quantitative estimate of drug-likeness (QED) is 0.667. The van der Waals surface area contributed by atoms with Crippen molar-refractivity contribution in [2.24, 2.45) is 11.8 Å². The van der Waals surface area contributed by atoms with E-state index in [0.29, 0.717) is 17.9 Å². The monoisotopic (exact) mass is 193 g/mol. The van der Waals surface area contributed by atoms with Gasteiger partial charge in [0.25, 0.3) is 0 Å². The molecule has 0 aromatic heterocycles. The summed E-state index contributed by atoms with van der Waals surface area (Å²) < 4.78 is 0. The molecule has 2 nitrogen and oxygen atoms in total. The Labute approximate surface area is 85.7 Å². The smallest absolute Gasteiger partial charge is 0.136 e. The second-order valence-electron chi connectivity index (χ2n) is 5.50. The summed E-state index contributed by atoms with van der Waals surface area (Å²) in [5.41, 5.74) is 0. The second-order valence-corrected chi connectivity index (χ2v) is 5.50. The molecule has 0 N–H and O–H groups in total. The van der Waals surface area contributed by atoms with Gasteiger partial charge in [0.15, 0.2) is 0 Å². The maximum absolute atomic E-state index is 11.4. The normalized spacial score (nSPS) is 47.1. The van der Waals surface area contributed by atoms with Crippen molar-refractivity contribution in [3.8, 4) is 0 Å². The molecule has 1 saturated carbocycles. The van der Waals surface area contributed by atoms with E-state index in [1.54, 1.807) is 0 Å². The van der Waals surface area contributed by atoms with Gasteiger partial charge in [0.1, 0.15) is 5.78 Å². The molecular formula is C12H19NO. The van der Waals surface area contributed by atoms with Crippen LogP contribution in [0, 0.1) is 11.8 Å². The highest BCUT2D eigenvalue weighted by Crippen LogP contribution is 2.42. The van der Waals surface area contributed by atoms with E-state index in [1.807, 2.05) is 0 Å². The number of hydrogen-bond acceptors (Lipinski definition) is 2. The molecule has 0 spiro atoms. The van der Waals surface area contributed by atoms with E-state index in [9.17, 15) is 4.79 Å². The molecule has 2 bridgehead atoms. The van der Waals surface area contributed by atoms with E-state index in [4.69, 9.17) is 0 Å². The maximum Gasteiger partial charge on any atom is 0.136 e. The number of carbonyl (C=O) groups excluding carboxylic acids is 1. The first-order chi connectivity index (χ1) is 6.74. The van der Waals surface area contributed by atoms with Gasteiger partial charge in [-0.2, -0.15) is 0 Å². The highest BCUT2D eigenvalue weighted by atomic mass is 16.1. The van der Waals surface area contributed by atoms with Crippen LogP contribution in [0.2, 0.25) is 0 Å². The molecule has 1 aliphatic carbocycles. The molecule has 3 rings (SSSR count). The molecule has 0 amide bonds. The molecule has 2 heterocycles. The lowest BCUT2D eigenvalue weighted by atomic mass is 10.0. The van der Waals surface area contributed by atoms with Crippen LogP contribution in [-0.2, 0) is 4.79 Å². The number of ketones is 1. The van der Waals surface area contributed by atoms with Crippen LogP contribution in [0.3, 0.4) is 0 Å². The molecule has 4 atom stereocenters. The van der Waals surface area contributed by atoms with Gasteiger partial charge in [0.05, 0.1) is 0 Å². The fraction of sp³-hybridized carbons (Fsp3) is 0.917. The number of fused-ring (bicyclic) bond motifs is 2. The van der Waals surface area contributed by atoms with Gasteiger partial charge in [0, 0.05) is 31.5 Å². The number of hydrogen-bond donors (Lipinski definition) is 0. The van der Waals surface area contributed by atoms with Crippen LogP contribution in [0.25, 0.3) is 0 Å². The van der Waals surface area contributed by atoms with Crippen molar-refractivity contribution in [1.82, 2.24) is 4.90 Å². The van der Waals surface area contributed by atoms with E-state index < -0.39 is 0 Å². The lowest BCUT2D eigenvalue weighted by Crippen LogP contribution is -2.44. The Morgan fingerprint density at radius 1 is 1.29 bits per heavy atom. The zero-order valence-electron chi connectivity index (χ0n) is 8.91. The Bertz CT molecular complexity index is 247. The van der Waals surface area contributed by atoms with Crippen LogP contribution in [0.15, 0.2) is 0 Å². The van der Waals surface area contributed by atoms with Crippen molar-refractivity contribution in [2.75, 3.05) is 6.54 Å². The van der Waals surface area contributed by atoms with Gasteiger partial charge in [-0.15, -0.1) is 0 Å². The van der Waals surface area contributed by atoms with E-state index >= 15 is 0 Å². The second kappa shape index (κ2) is 3.06. The van der Waals surface area contributed by atoms with Crippen molar-refractivity contribution in [3.63, 3.8) is 0 Å². The third kappa shape index (κ3) is 1.40. The summed E-state index contributed by atoms with van der Waals surface area (Å²) >= 11 is 0. The standard InChI is InChI=1S/C12H19NO/c1-8-4-9(8)7-13-10-2-3-11(13)6-12(14)5-10/h8-11H,2-7H2,1H3. The van der Waals surface area contributed by atoms with Gasteiger partial charge in [-0.1, -0.05) is 6.92 Å². The number of rotatable bonds is 2. The van der Waals surface area contributed by atoms with Crippen LogP contribution >= 0.6 is 0 Å². The van der Waals surface area contributed by atoms with Gasteiger partial charge in [0.2, 0.25) is 0 Å². The molecule has 2 heteroatoms. The molecule has 2 aliphatic heterocycles. The number of Topliss-reactive ketones (excluding diaryl/α,β-unsaturated/α-hetero) is 1. The molecule has 3 fully saturated rings. The first kappa shape index (κ1) is 8.90. The SMILES string of the molecule is CC1CC1CN1C2CCC1CC(=O)C2. The Hall–Kier alpha value is -0.370. The summed E-state index contributed by atoms with van der Waals surface area (Å²) in [4.78, 5) is 14.1. The highest BCUT2D eigenvalue weighted by molar-refractivity contribution is 5.80. The fourth-order valence-electron chi connectivity index (χ4n) is 3.28. The predicted molar refractivity (Wildman–Crippen MR) is 55.0 cm³/mol. The van der Waals surface area contributed by atoms with Crippen molar-refractivity contribution in [2.45, 2.75) is 51.1 Å². The van der Waals surface area contributed by atoms with Gasteiger partial charge in [-0.3, -0.25) is 9.69 Å². The molecule has 2 saturated heterocycles. The Morgan fingerprint density at radius 2 is 1.86 bits per heavy atom. The molecule has 14 heavy (non-hydrogen) atoms. The topological polar surface area (TPSA) is 20.3 Å². The maximum atomic E-state index is 11.4. The fourth-order valence-corrected chi connectivity index (χ4v) is 3.28. The van der Waals surface area contributed by atoms with E-state index in [0.717, 1.165) is 24.7 Å². The minimum Gasteiger partial charge on any atom is -0.300 e. The average molecular weight is 193 g/mol. The van der Waals surface area contributed by atoms with E-state index in [2.05, 4.69) is 11.8 Å². The average Bonchev–Trinajstić information content (AvgIpc) is 2.76. The Kier molecular flexibility index (Phi) is 1.94. The predicted octanol–water partition coefficient (Wildman–Crippen LogP) is 1.84. The summed E-state index contributed by atoms with van der Waals surface area (Å²) in [7, 11) is 0. The van der Waals surface area contributed by atoms with Crippen molar-refractivity contribution in [1.29, 1.82) is 0 Å². The molecule has 4 unspecified atom stereocenters. The van der Waals surface area contributed by atoms with Crippen LogP contribution < -0.4 is 0 Å². The Balaban J connectivity index is 1.66. The number of carbonyl (C=O) groups is 1. The highest BCUT2D eigenvalue weighted by Gasteiger charge is 2.44. The van der Waals surface area contributed by atoms with Crippen LogP contribution in [-0.4, -0.2) is 29.3 Å². The van der Waals surface area contributed by atoms with Gasteiger partial charge >= 0.3 is 0 Å². The number of piperidine rings is 1. The molecule has 0 aromatic carbocycles. The van der Waals surface area contributed by atoms with Crippen molar-refractivity contribution >= 4 is 5.78 Å². The Morgan fingerprint density at radius 3 is 2.36 bits per heavy atom. The third-order valence-electron chi connectivity index (χ3n) is 4.42. The largest absolute Gasteiger partial charge is 0.300 e. The lowest BCUT2D eigenvalue weighted by molar-refractivity contribution is -0.123. The van der Waals surface area contributed by atoms with Crippen molar-refractivity contribution in [3.05, 3.63) is 0 Å². The summed E-state index contributed by atoms with van der Waals surface area (Å²) in [5.74, 6) is 2.41. The molecule has 0 aromatic rings. The zero-order chi connectivity index (χ0) is 9.71. The van der Waals surface area contributed by atoms with Gasteiger partial charge in [-0.25, -0.2) is 0 Å². The van der Waals surface area contributed by atoms with Crippen LogP contribution in [0.5, 0.6) is 0 Å². The minimum atomic E-state index is 0.512. The number of nitrogens with zero attached hydrogens (tertiary/aromatic N) is 1. The molecule has 0 radical (unpaired) electrons. The van der Waals surface area contributed by atoms with Gasteiger partial charge in [-0.05, 0) is 31.1 Å². The summed E-state index contributed by atoms with van der Waals surface area (Å²) in [6.07, 6.45) is 5.66. The first-order valence-electron chi connectivity index (χ1n) is 6.01. The van der Waals surface area contributed by atoms with Crippen LogP contribution in [0.4, 0.5) is 0 Å². The lowest BCUT2D eigenvalue weighted by Gasteiger charge is -2.34. The van der Waals surface area contributed by atoms with Gasteiger partial charge < -0.3 is 0 Å². The molecular weight excluding hydrogens is 174 g/mol. The van der Waals surface area contributed by atoms with Crippen LogP contribution in [0.1, 0.15) is 39.0 Å². The summed E-state index contributed by atoms with van der Waals surface area (Å²) in [6.45, 7) is 3.63. The minimum absolute atomic E-state index is 0.512. The van der Waals surface area contributed by atoms with E-state index in [-0.39, 0.29) is 0 Å². The summed E-state index contributed by atoms with van der Waals surface area (Å²) in [6, 6.07) is 1.24. The third-order valence-corrected chi connectivity index (χ3v) is 4.42. The molecule has 78 valence electrons.